The van der Waals surface area contributed by atoms with Gasteiger partial charge < -0.3 is 24.9 Å². The number of anilines is 1. The van der Waals surface area contributed by atoms with Crippen LogP contribution in [0.1, 0.15) is 26.3 Å². The van der Waals surface area contributed by atoms with Gasteiger partial charge in [0.15, 0.2) is 17.3 Å². The van der Waals surface area contributed by atoms with E-state index in [9.17, 15) is 5.11 Å². The van der Waals surface area contributed by atoms with E-state index < -0.39 is 5.79 Å². The third kappa shape index (κ3) is 1.72. The van der Waals surface area contributed by atoms with Gasteiger partial charge in [-0.1, -0.05) is 0 Å². The Morgan fingerprint density at radius 2 is 2.21 bits per heavy atom. The normalized spacial score (nSPS) is 39.2. The summed E-state index contributed by atoms with van der Waals surface area (Å²) in [5.74, 6) is -0.168. The maximum Gasteiger partial charge on any atom is 0.226 e. The van der Waals surface area contributed by atoms with Gasteiger partial charge in [0, 0.05) is 5.41 Å². The zero-order chi connectivity index (χ0) is 16.9. The van der Waals surface area contributed by atoms with E-state index in [4.69, 9.17) is 26.8 Å². The Morgan fingerprint density at radius 3 is 2.96 bits per heavy atom. The smallest absolute Gasteiger partial charge is 0.226 e. The van der Waals surface area contributed by atoms with Gasteiger partial charge in [0.2, 0.25) is 5.28 Å². The molecule has 2 aromatic rings. The van der Waals surface area contributed by atoms with E-state index in [-0.39, 0.29) is 47.3 Å². The molecule has 0 radical (unpaired) electrons. The van der Waals surface area contributed by atoms with Crippen LogP contribution < -0.4 is 5.73 Å². The number of nitrogen functional groups attached to an aromatic ring is 1. The highest BCUT2D eigenvalue weighted by molar-refractivity contribution is 6.28. The number of aliphatic hydroxyl groups is 1. The molecule has 3 heterocycles. The lowest BCUT2D eigenvalue weighted by molar-refractivity contribution is -0.163. The van der Waals surface area contributed by atoms with Gasteiger partial charge >= 0.3 is 0 Å². The molecule has 128 valence electrons. The predicted molar refractivity (Wildman–Crippen MR) is 85.2 cm³/mol. The Morgan fingerprint density at radius 1 is 1.42 bits per heavy atom. The molecule has 0 spiro atoms. The molecule has 2 aromatic heterocycles. The second-order valence-electron chi connectivity index (χ2n) is 7.42. The van der Waals surface area contributed by atoms with Crippen molar-refractivity contribution >= 4 is 28.6 Å². The van der Waals surface area contributed by atoms with E-state index in [0.717, 1.165) is 6.42 Å². The molecule has 24 heavy (non-hydrogen) atoms. The van der Waals surface area contributed by atoms with Crippen molar-refractivity contribution in [2.24, 2.45) is 11.3 Å². The zero-order valence-corrected chi connectivity index (χ0v) is 14.1. The van der Waals surface area contributed by atoms with Gasteiger partial charge in [-0.25, -0.2) is 4.98 Å². The van der Waals surface area contributed by atoms with Crippen LogP contribution in [-0.2, 0) is 9.47 Å². The molecular formula is C15H18ClN5O3. The highest BCUT2D eigenvalue weighted by atomic mass is 35.5. The lowest BCUT2D eigenvalue weighted by Crippen LogP contribution is -2.33. The molecule has 3 fully saturated rings. The van der Waals surface area contributed by atoms with Gasteiger partial charge in [0.1, 0.15) is 11.6 Å². The summed E-state index contributed by atoms with van der Waals surface area (Å²) >= 11 is 5.98. The Kier molecular flexibility index (Phi) is 2.70. The van der Waals surface area contributed by atoms with Crippen molar-refractivity contribution in [3.05, 3.63) is 11.6 Å². The van der Waals surface area contributed by atoms with Crippen LogP contribution in [0.15, 0.2) is 6.33 Å². The molecular weight excluding hydrogens is 334 g/mol. The number of ether oxygens (including phenoxy) is 2. The van der Waals surface area contributed by atoms with Crippen molar-refractivity contribution < 1.29 is 14.6 Å². The van der Waals surface area contributed by atoms with E-state index in [1.807, 2.05) is 18.4 Å². The number of halogens is 1. The predicted octanol–water partition coefficient (Wildman–Crippen LogP) is 1.14. The molecule has 1 unspecified atom stereocenters. The number of nitrogens with two attached hydrogens (primary N) is 1. The number of rotatable bonds is 2. The first-order chi connectivity index (χ1) is 11.4. The quantitative estimate of drug-likeness (QED) is 0.781. The molecule has 1 saturated heterocycles. The highest BCUT2D eigenvalue weighted by Crippen LogP contribution is 2.71. The third-order valence-corrected chi connectivity index (χ3v) is 5.83. The number of imidazole rings is 1. The van der Waals surface area contributed by atoms with Crippen molar-refractivity contribution in [3.63, 3.8) is 0 Å². The van der Waals surface area contributed by atoms with E-state index >= 15 is 0 Å². The molecule has 5 rings (SSSR count). The van der Waals surface area contributed by atoms with Gasteiger partial charge in [-0.15, -0.1) is 0 Å². The van der Waals surface area contributed by atoms with Gasteiger partial charge in [0.05, 0.1) is 25.1 Å². The molecule has 9 heteroatoms. The van der Waals surface area contributed by atoms with Crippen molar-refractivity contribution in [2.45, 2.75) is 44.3 Å². The fourth-order valence-electron chi connectivity index (χ4n) is 4.60. The van der Waals surface area contributed by atoms with E-state index in [2.05, 4.69) is 15.0 Å². The Hall–Kier alpha value is -1.48. The number of hydrogen-bond acceptors (Lipinski definition) is 7. The lowest BCUT2D eigenvalue weighted by atomic mass is 10.0. The number of aromatic nitrogens is 4. The molecule has 3 N–H and O–H groups in total. The van der Waals surface area contributed by atoms with Crippen LogP contribution in [0.25, 0.3) is 11.2 Å². The van der Waals surface area contributed by atoms with Gasteiger partial charge in [-0.05, 0) is 37.8 Å². The minimum absolute atomic E-state index is 0.0284. The number of aliphatic hydroxyl groups excluding tert-OH is 1. The first-order valence-electron chi connectivity index (χ1n) is 7.98. The maximum absolute atomic E-state index is 9.97. The number of fused-ring (bicyclic) bond motifs is 4. The molecule has 2 aliphatic carbocycles. The van der Waals surface area contributed by atoms with Crippen LogP contribution in [-0.4, -0.2) is 49.2 Å². The fourth-order valence-corrected chi connectivity index (χ4v) is 4.77. The highest BCUT2D eigenvalue weighted by Gasteiger charge is 2.75. The van der Waals surface area contributed by atoms with Gasteiger partial charge in [-0.2, -0.15) is 9.97 Å². The van der Waals surface area contributed by atoms with E-state index in [1.54, 1.807) is 6.33 Å². The van der Waals surface area contributed by atoms with E-state index in [1.165, 1.54) is 0 Å². The molecule has 8 nitrogen and oxygen atoms in total. The summed E-state index contributed by atoms with van der Waals surface area (Å²) in [6.45, 7) is 3.88. The zero-order valence-electron chi connectivity index (χ0n) is 13.3. The van der Waals surface area contributed by atoms with Gasteiger partial charge in [-0.3, -0.25) is 0 Å². The van der Waals surface area contributed by atoms with Crippen molar-refractivity contribution in [2.75, 3.05) is 12.3 Å². The van der Waals surface area contributed by atoms with E-state index in [0.29, 0.717) is 11.2 Å². The monoisotopic (exact) mass is 351 g/mol. The molecule has 0 amide bonds. The molecule has 5 atom stereocenters. The summed E-state index contributed by atoms with van der Waals surface area (Å²) in [5, 5.41) is 10.1. The number of nitrogens with zero attached hydrogens (tertiary/aromatic N) is 4. The average Bonchev–Trinajstić information content (AvgIpc) is 2.78. The van der Waals surface area contributed by atoms with Crippen molar-refractivity contribution in [1.82, 2.24) is 19.5 Å². The standard InChI is InChI=1S/C15H18ClN5O3/c1-14(2)23-9-8(6-3-15(6,4-22)10(9)24-14)21-5-18-7-11(17)19-13(16)20-12(7)21/h5-6,8-10,22H,3-4H2,1-2H3,(H2,17,19,20)/t6-,8-,9+,10+,15?/m1/s1. The largest absolute Gasteiger partial charge is 0.396 e. The first-order valence-corrected chi connectivity index (χ1v) is 8.36. The van der Waals surface area contributed by atoms with Crippen LogP contribution in [0.4, 0.5) is 5.82 Å². The van der Waals surface area contributed by atoms with Crippen LogP contribution in [0.2, 0.25) is 5.28 Å². The topological polar surface area (TPSA) is 108 Å². The summed E-state index contributed by atoms with van der Waals surface area (Å²) in [5.41, 5.74) is 6.77. The third-order valence-electron chi connectivity index (χ3n) is 5.66. The molecule has 0 bridgehead atoms. The summed E-state index contributed by atoms with van der Waals surface area (Å²) in [7, 11) is 0. The first kappa shape index (κ1) is 14.8. The maximum atomic E-state index is 9.97. The summed E-state index contributed by atoms with van der Waals surface area (Å²) in [6.07, 6.45) is 2.29. The Balaban J connectivity index is 1.65. The van der Waals surface area contributed by atoms with Gasteiger partial charge in [0.25, 0.3) is 0 Å². The second kappa shape index (κ2) is 4.37. The van der Waals surface area contributed by atoms with Crippen molar-refractivity contribution in [3.8, 4) is 0 Å². The van der Waals surface area contributed by atoms with Crippen LogP contribution in [0.3, 0.4) is 0 Å². The lowest BCUT2D eigenvalue weighted by Gasteiger charge is -2.24. The Bertz CT molecular complexity index is 855. The summed E-state index contributed by atoms with van der Waals surface area (Å²) in [4.78, 5) is 12.6. The van der Waals surface area contributed by atoms with Crippen molar-refractivity contribution in [1.29, 1.82) is 0 Å². The summed E-state index contributed by atoms with van der Waals surface area (Å²) in [6, 6.07) is -0.0284. The average molecular weight is 352 g/mol. The minimum Gasteiger partial charge on any atom is -0.396 e. The molecule has 0 aromatic carbocycles. The molecule has 3 aliphatic rings. The second-order valence-corrected chi connectivity index (χ2v) is 7.75. The fraction of sp³-hybridized carbons (Fsp3) is 0.667. The minimum atomic E-state index is -0.675. The van der Waals surface area contributed by atoms with Crippen LogP contribution in [0, 0.1) is 11.3 Å². The Labute approximate surface area is 142 Å². The summed E-state index contributed by atoms with van der Waals surface area (Å²) < 4.78 is 14.2. The number of hydrogen-bond donors (Lipinski definition) is 2. The van der Waals surface area contributed by atoms with Crippen LogP contribution in [0.5, 0.6) is 0 Å². The molecule has 2 saturated carbocycles. The van der Waals surface area contributed by atoms with Crippen LogP contribution >= 0.6 is 11.6 Å². The SMILES string of the molecule is CC1(C)O[C@H]2[C@H](n3cnc4c(N)nc(Cl)nc43)[C@H]3CC3(CO)[C@H]2O1. The molecule has 1 aliphatic heterocycles.